The lowest BCUT2D eigenvalue weighted by Gasteiger charge is -2.35. The SMILES string of the molecule is OCCN1CCN(c2cccc(Nc3ncc4c(n3)C=C(c3ccccc3Cl)C4)c2)CC1. The van der Waals surface area contributed by atoms with Gasteiger partial charge in [0, 0.05) is 67.3 Å². The second-order valence-corrected chi connectivity index (χ2v) is 8.57. The van der Waals surface area contributed by atoms with Crippen molar-refractivity contribution in [2.75, 3.05) is 49.5 Å². The van der Waals surface area contributed by atoms with E-state index in [4.69, 9.17) is 21.7 Å². The molecule has 1 aliphatic carbocycles. The second-order valence-electron chi connectivity index (χ2n) is 8.16. The van der Waals surface area contributed by atoms with Crippen LogP contribution in [-0.4, -0.2) is 59.3 Å². The number of hydrogen-bond acceptors (Lipinski definition) is 6. The van der Waals surface area contributed by atoms with E-state index < -0.39 is 0 Å². The zero-order valence-corrected chi connectivity index (χ0v) is 18.6. The van der Waals surface area contributed by atoms with Gasteiger partial charge in [-0.2, -0.15) is 0 Å². The van der Waals surface area contributed by atoms with Crippen molar-refractivity contribution >= 4 is 40.6 Å². The summed E-state index contributed by atoms with van der Waals surface area (Å²) in [5.74, 6) is 0.588. The van der Waals surface area contributed by atoms with Gasteiger partial charge in [0.1, 0.15) is 0 Å². The standard InChI is InChI=1S/C25H26ClN5O/c26-23-7-2-1-6-22(23)18-14-19-17-27-25(29-24(19)15-18)28-20-4-3-5-21(16-20)31-10-8-30(9-11-31)12-13-32/h1-7,15-17,32H,8-14H2,(H,27,28,29). The van der Waals surface area contributed by atoms with E-state index >= 15 is 0 Å². The van der Waals surface area contributed by atoms with Gasteiger partial charge in [0.2, 0.25) is 5.95 Å². The summed E-state index contributed by atoms with van der Waals surface area (Å²) < 4.78 is 0. The Morgan fingerprint density at radius 2 is 1.88 bits per heavy atom. The third kappa shape index (κ3) is 4.48. The number of hydrogen-bond donors (Lipinski definition) is 2. The largest absolute Gasteiger partial charge is 0.395 e. The maximum Gasteiger partial charge on any atom is 0.227 e. The second kappa shape index (κ2) is 9.28. The quantitative estimate of drug-likeness (QED) is 0.593. The van der Waals surface area contributed by atoms with Gasteiger partial charge in [0.05, 0.1) is 12.3 Å². The summed E-state index contributed by atoms with van der Waals surface area (Å²) in [6.45, 7) is 4.80. The number of anilines is 3. The van der Waals surface area contributed by atoms with Crippen molar-refractivity contribution in [2.45, 2.75) is 6.42 Å². The molecule has 164 valence electrons. The summed E-state index contributed by atoms with van der Waals surface area (Å²) in [4.78, 5) is 13.9. The highest BCUT2D eigenvalue weighted by Crippen LogP contribution is 2.34. The smallest absolute Gasteiger partial charge is 0.227 e. The molecule has 2 heterocycles. The first-order chi connectivity index (χ1) is 15.7. The van der Waals surface area contributed by atoms with Gasteiger partial charge in [-0.15, -0.1) is 0 Å². The molecule has 2 aliphatic rings. The fraction of sp³-hybridized carbons (Fsp3) is 0.280. The number of fused-ring (bicyclic) bond motifs is 1. The van der Waals surface area contributed by atoms with Crippen molar-refractivity contribution in [3.05, 3.63) is 76.6 Å². The normalized spacial score (nSPS) is 16.1. The molecule has 0 radical (unpaired) electrons. The van der Waals surface area contributed by atoms with Crippen molar-refractivity contribution < 1.29 is 5.11 Å². The van der Waals surface area contributed by atoms with Crippen LogP contribution in [0.15, 0.2) is 54.7 Å². The van der Waals surface area contributed by atoms with E-state index in [1.54, 1.807) is 0 Å². The molecule has 2 aromatic carbocycles. The van der Waals surface area contributed by atoms with Gasteiger partial charge >= 0.3 is 0 Å². The zero-order valence-electron chi connectivity index (χ0n) is 17.8. The Morgan fingerprint density at radius 1 is 1.03 bits per heavy atom. The molecule has 1 fully saturated rings. The molecule has 1 aromatic heterocycles. The Kier molecular flexibility index (Phi) is 6.08. The lowest BCUT2D eigenvalue weighted by atomic mass is 10.0. The van der Waals surface area contributed by atoms with Crippen LogP contribution in [0.3, 0.4) is 0 Å². The van der Waals surface area contributed by atoms with Crippen LogP contribution in [0, 0.1) is 0 Å². The summed E-state index contributed by atoms with van der Waals surface area (Å²) in [5.41, 5.74) is 6.41. The Labute approximate surface area is 193 Å². The van der Waals surface area contributed by atoms with Crippen LogP contribution in [0.25, 0.3) is 11.6 Å². The number of nitrogens with one attached hydrogen (secondary N) is 1. The highest BCUT2D eigenvalue weighted by molar-refractivity contribution is 6.32. The lowest BCUT2D eigenvalue weighted by molar-refractivity contribution is 0.189. The monoisotopic (exact) mass is 447 g/mol. The van der Waals surface area contributed by atoms with Crippen LogP contribution in [0.2, 0.25) is 5.02 Å². The van der Waals surface area contributed by atoms with Crippen LogP contribution in [0.5, 0.6) is 0 Å². The van der Waals surface area contributed by atoms with Crippen LogP contribution in [0.4, 0.5) is 17.3 Å². The number of aliphatic hydroxyl groups is 1. The summed E-state index contributed by atoms with van der Waals surface area (Å²) in [5, 5.41) is 13.3. The molecule has 1 saturated heterocycles. The molecule has 32 heavy (non-hydrogen) atoms. The molecule has 5 rings (SSSR count). The zero-order chi connectivity index (χ0) is 21.9. The highest BCUT2D eigenvalue weighted by Gasteiger charge is 2.19. The first-order valence-corrected chi connectivity index (χ1v) is 11.3. The van der Waals surface area contributed by atoms with E-state index in [0.717, 1.165) is 66.7 Å². The average molecular weight is 448 g/mol. The molecule has 0 atom stereocenters. The fourth-order valence-corrected chi connectivity index (χ4v) is 4.59. The van der Waals surface area contributed by atoms with Crippen molar-refractivity contribution in [1.29, 1.82) is 0 Å². The molecule has 0 saturated carbocycles. The number of piperazine rings is 1. The lowest BCUT2D eigenvalue weighted by Crippen LogP contribution is -2.47. The third-order valence-electron chi connectivity index (χ3n) is 6.07. The van der Waals surface area contributed by atoms with Gasteiger partial charge in [-0.05, 0) is 41.5 Å². The number of allylic oxidation sites excluding steroid dienone is 1. The fourth-order valence-electron chi connectivity index (χ4n) is 4.34. The van der Waals surface area contributed by atoms with Crippen molar-refractivity contribution in [2.24, 2.45) is 0 Å². The molecule has 0 bridgehead atoms. The van der Waals surface area contributed by atoms with E-state index in [1.807, 2.05) is 36.5 Å². The Morgan fingerprint density at radius 3 is 2.69 bits per heavy atom. The Bertz CT molecular complexity index is 1140. The van der Waals surface area contributed by atoms with E-state index in [2.05, 4.69) is 44.4 Å². The molecule has 2 N–H and O–H groups in total. The average Bonchev–Trinajstić information content (AvgIpc) is 3.23. The van der Waals surface area contributed by atoms with Gasteiger partial charge in [-0.3, -0.25) is 4.90 Å². The number of aliphatic hydroxyl groups excluding tert-OH is 1. The number of rotatable bonds is 6. The number of benzene rings is 2. The summed E-state index contributed by atoms with van der Waals surface area (Å²) >= 11 is 6.38. The predicted molar refractivity (Wildman–Crippen MR) is 131 cm³/mol. The molecule has 7 heteroatoms. The molecular formula is C25H26ClN5O. The minimum Gasteiger partial charge on any atom is -0.395 e. The van der Waals surface area contributed by atoms with Gasteiger partial charge in [-0.25, -0.2) is 9.97 Å². The Balaban J connectivity index is 1.30. The van der Waals surface area contributed by atoms with Crippen LogP contribution < -0.4 is 10.2 Å². The minimum atomic E-state index is 0.218. The van der Waals surface area contributed by atoms with Crippen LogP contribution in [0.1, 0.15) is 16.8 Å². The van der Waals surface area contributed by atoms with E-state index in [9.17, 15) is 0 Å². The maximum absolute atomic E-state index is 9.14. The van der Waals surface area contributed by atoms with Crippen LogP contribution >= 0.6 is 11.6 Å². The predicted octanol–water partition coefficient (Wildman–Crippen LogP) is 4.08. The summed E-state index contributed by atoms with van der Waals surface area (Å²) in [6, 6.07) is 16.3. The summed E-state index contributed by atoms with van der Waals surface area (Å²) in [7, 11) is 0. The Hall–Kier alpha value is -2.93. The molecule has 6 nitrogen and oxygen atoms in total. The third-order valence-corrected chi connectivity index (χ3v) is 6.40. The first kappa shape index (κ1) is 20.9. The first-order valence-electron chi connectivity index (χ1n) is 11.0. The molecular weight excluding hydrogens is 422 g/mol. The summed E-state index contributed by atoms with van der Waals surface area (Å²) in [6.07, 6.45) is 4.79. The topological polar surface area (TPSA) is 64.5 Å². The van der Waals surface area contributed by atoms with Crippen molar-refractivity contribution in [3.8, 4) is 0 Å². The molecule has 0 amide bonds. The minimum absolute atomic E-state index is 0.218. The van der Waals surface area contributed by atoms with Crippen LogP contribution in [-0.2, 0) is 6.42 Å². The number of β-amino-alcohol motifs (C(OH)–C–C–N with tert-alkyl or cyclic N) is 1. The van der Waals surface area contributed by atoms with E-state index in [0.29, 0.717) is 5.95 Å². The number of aromatic nitrogens is 2. The van der Waals surface area contributed by atoms with Gasteiger partial charge < -0.3 is 15.3 Å². The number of halogens is 1. The molecule has 1 aliphatic heterocycles. The number of nitrogens with zero attached hydrogens (tertiary/aromatic N) is 4. The van der Waals surface area contributed by atoms with E-state index in [-0.39, 0.29) is 6.61 Å². The van der Waals surface area contributed by atoms with Gasteiger partial charge in [-0.1, -0.05) is 35.9 Å². The highest BCUT2D eigenvalue weighted by atomic mass is 35.5. The molecule has 0 spiro atoms. The van der Waals surface area contributed by atoms with E-state index in [1.165, 1.54) is 11.3 Å². The molecule has 0 unspecified atom stereocenters. The molecule has 3 aromatic rings. The van der Waals surface area contributed by atoms with Gasteiger partial charge in [0.15, 0.2) is 0 Å². The van der Waals surface area contributed by atoms with Crippen molar-refractivity contribution in [1.82, 2.24) is 14.9 Å². The van der Waals surface area contributed by atoms with Gasteiger partial charge in [0.25, 0.3) is 0 Å². The maximum atomic E-state index is 9.14. The van der Waals surface area contributed by atoms with Crippen molar-refractivity contribution in [3.63, 3.8) is 0 Å².